The molecule has 0 spiro atoms. The van der Waals surface area contributed by atoms with Crippen LogP contribution in [0.3, 0.4) is 0 Å². The van der Waals surface area contributed by atoms with Gasteiger partial charge >= 0.3 is 0 Å². The van der Waals surface area contributed by atoms with E-state index in [1.807, 2.05) is 6.21 Å². The van der Waals surface area contributed by atoms with Crippen molar-refractivity contribution in [3.8, 4) is 11.4 Å². The van der Waals surface area contributed by atoms with Crippen LogP contribution in [0.1, 0.15) is 31.4 Å². The van der Waals surface area contributed by atoms with E-state index < -0.39 is 0 Å². The minimum atomic E-state index is -0.302. The molecule has 0 amide bonds. The van der Waals surface area contributed by atoms with E-state index in [4.69, 9.17) is 0 Å². The fourth-order valence-corrected chi connectivity index (χ4v) is 3.27. The largest absolute Gasteiger partial charge is 0.393 e. The molecule has 2 N–H and O–H groups in total. The highest BCUT2D eigenvalue weighted by atomic mass is 19.1. The molecule has 2 aromatic rings. The minimum Gasteiger partial charge on any atom is -0.393 e. The van der Waals surface area contributed by atoms with Gasteiger partial charge in [0.15, 0.2) is 11.6 Å². The van der Waals surface area contributed by atoms with E-state index in [2.05, 4.69) is 20.3 Å². The number of aliphatic hydroxyl groups is 1. The van der Waals surface area contributed by atoms with Crippen LogP contribution in [0, 0.1) is 5.82 Å². The molecule has 0 radical (unpaired) electrons. The second-order valence-corrected chi connectivity index (χ2v) is 6.37. The zero-order valence-electron chi connectivity index (χ0n) is 13.2. The normalized spacial score (nSPS) is 22.4. The molecule has 5 nitrogen and oxygen atoms in total. The highest BCUT2D eigenvalue weighted by Crippen LogP contribution is 2.34. The van der Waals surface area contributed by atoms with Crippen LogP contribution in [0.2, 0.25) is 0 Å². The van der Waals surface area contributed by atoms with Gasteiger partial charge in [-0.3, -0.25) is 4.99 Å². The first-order chi connectivity index (χ1) is 11.7. The van der Waals surface area contributed by atoms with Crippen LogP contribution in [0.25, 0.3) is 11.4 Å². The number of nitrogens with one attached hydrogen (secondary N) is 1. The molecule has 2 aliphatic rings. The molecular formula is C18H19FN4O. The molecule has 0 saturated heterocycles. The first kappa shape index (κ1) is 15.2. The van der Waals surface area contributed by atoms with E-state index in [9.17, 15) is 9.50 Å². The number of anilines is 1. The van der Waals surface area contributed by atoms with Crippen LogP contribution in [-0.4, -0.2) is 33.4 Å². The maximum absolute atomic E-state index is 13.5. The van der Waals surface area contributed by atoms with Gasteiger partial charge in [-0.05, 0) is 37.8 Å². The summed E-state index contributed by atoms with van der Waals surface area (Å²) in [5.41, 5.74) is 2.30. The first-order valence-corrected chi connectivity index (χ1v) is 8.33. The quantitative estimate of drug-likeness (QED) is 0.908. The van der Waals surface area contributed by atoms with E-state index in [-0.39, 0.29) is 18.0 Å². The molecule has 124 valence electrons. The van der Waals surface area contributed by atoms with Gasteiger partial charge in [0.05, 0.1) is 11.8 Å². The Hall–Kier alpha value is -2.34. The van der Waals surface area contributed by atoms with Gasteiger partial charge in [0.25, 0.3) is 0 Å². The summed E-state index contributed by atoms with van der Waals surface area (Å²) in [7, 11) is 0. The summed E-state index contributed by atoms with van der Waals surface area (Å²) < 4.78 is 13.5. The van der Waals surface area contributed by atoms with Gasteiger partial charge in [-0.25, -0.2) is 14.4 Å². The minimum absolute atomic E-state index is 0.194. The second kappa shape index (κ2) is 6.28. The monoisotopic (exact) mass is 326 g/mol. The Balaban J connectivity index is 1.66. The fraction of sp³-hybridized carbons (Fsp3) is 0.389. The van der Waals surface area contributed by atoms with Crippen molar-refractivity contribution in [3.05, 3.63) is 35.8 Å². The Morgan fingerprint density at radius 1 is 1.12 bits per heavy atom. The van der Waals surface area contributed by atoms with Crippen LogP contribution >= 0.6 is 0 Å². The third-order valence-corrected chi connectivity index (χ3v) is 4.58. The molecule has 4 rings (SSSR count). The lowest BCUT2D eigenvalue weighted by molar-refractivity contribution is 0.126. The Morgan fingerprint density at radius 2 is 1.96 bits per heavy atom. The number of hydrogen-bond donors (Lipinski definition) is 2. The molecule has 1 aliphatic heterocycles. The lowest BCUT2D eigenvalue weighted by atomic mass is 9.93. The molecule has 2 heterocycles. The number of aliphatic hydroxyl groups excluding tert-OH is 1. The molecule has 0 bridgehead atoms. The summed E-state index contributed by atoms with van der Waals surface area (Å²) in [5.74, 6) is 0.912. The van der Waals surface area contributed by atoms with Crippen molar-refractivity contribution in [2.45, 2.75) is 44.2 Å². The van der Waals surface area contributed by atoms with Gasteiger partial charge in [0.2, 0.25) is 0 Å². The summed E-state index contributed by atoms with van der Waals surface area (Å²) in [5, 5.41) is 13.1. The van der Waals surface area contributed by atoms with Gasteiger partial charge < -0.3 is 10.4 Å². The predicted molar refractivity (Wildman–Crippen MR) is 91.2 cm³/mol. The molecule has 1 aromatic heterocycles. The van der Waals surface area contributed by atoms with Crippen molar-refractivity contribution in [2.24, 2.45) is 4.99 Å². The summed E-state index contributed by atoms with van der Waals surface area (Å²) in [6.45, 7) is 0. The number of hydrogen-bond acceptors (Lipinski definition) is 5. The molecular weight excluding hydrogens is 307 g/mol. The van der Waals surface area contributed by atoms with Crippen LogP contribution in [0.5, 0.6) is 0 Å². The number of benzene rings is 1. The number of rotatable bonds is 3. The first-order valence-electron chi connectivity index (χ1n) is 8.33. The van der Waals surface area contributed by atoms with Gasteiger partial charge in [-0.1, -0.05) is 12.1 Å². The van der Waals surface area contributed by atoms with Crippen LogP contribution in [0.4, 0.5) is 15.9 Å². The number of nitrogens with zero attached hydrogens (tertiary/aromatic N) is 3. The molecule has 1 fully saturated rings. The van der Waals surface area contributed by atoms with Gasteiger partial charge in [0.1, 0.15) is 11.5 Å². The zero-order valence-corrected chi connectivity index (χ0v) is 13.2. The third-order valence-electron chi connectivity index (χ3n) is 4.58. The maximum Gasteiger partial charge on any atom is 0.162 e. The Labute approximate surface area is 139 Å². The lowest BCUT2D eigenvalue weighted by Gasteiger charge is -2.27. The van der Waals surface area contributed by atoms with Gasteiger partial charge in [-0.15, -0.1) is 0 Å². The van der Waals surface area contributed by atoms with E-state index in [1.54, 1.807) is 12.1 Å². The van der Waals surface area contributed by atoms with Crippen molar-refractivity contribution < 1.29 is 9.50 Å². The summed E-state index contributed by atoms with van der Waals surface area (Å²) in [4.78, 5) is 13.5. The fourth-order valence-electron chi connectivity index (χ4n) is 3.27. The van der Waals surface area contributed by atoms with E-state index in [1.165, 1.54) is 12.1 Å². The SMILES string of the molecule is O[C@H]1CC[C@H](Nc2nc(-c3cccc(F)c3)nc3c2N=CC3)CC1. The van der Waals surface area contributed by atoms with E-state index in [0.717, 1.165) is 37.1 Å². The third kappa shape index (κ3) is 3.01. The second-order valence-electron chi connectivity index (χ2n) is 6.37. The van der Waals surface area contributed by atoms with Crippen molar-refractivity contribution >= 4 is 17.7 Å². The lowest BCUT2D eigenvalue weighted by Crippen LogP contribution is -2.28. The summed E-state index contributed by atoms with van der Waals surface area (Å²) >= 11 is 0. The number of aliphatic imine (C=N–C) groups is 1. The summed E-state index contributed by atoms with van der Waals surface area (Å²) in [6.07, 6.45) is 5.69. The highest BCUT2D eigenvalue weighted by Gasteiger charge is 2.23. The van der Waals surface area contributed by atoms with Crippen molar-refractivity contribution in [1.82, 2.24) is 9.97 Å². The molecule has 6 heteroatoms. The summed E-state index contributed by atoms with van der Waals surface area (Å²) in [6, 6.07) is 6.59. The maximum atomic E-state index is 13.5. The molecule has 1 aromatic carbocycles. The van der Waals surface area contributed by atoms with Gasteiger partial charge in [0, 0.05) is 24.2 Å². The molecule has 0 atom stereocenters. The standard InChI is InChI=1S/C18H19FN4O/c19-12-3-1-2-11(10-12)17-22-15-8-9-20-16(15)18(23-17)21-13-4-6-14(24)7-5-13/h1-3,9-10,13-14,24H,4-8H2,(H,21,22,23)/t13-,14-. The average Bonchev–Trinajstić information content (AvgIpc) is 3.06. The molecule has 0 unspecified atom stereocenters. The number of fused-ring (bicyclic) bond motifs is 1. The zero-order chi connectivity index (χ0) is 16.5. The van der Waals surface area contributed by atoms with Crippen molar-refractivity contribution in [1.29, 1.82) is 0 Å². The van der Waals surface area contributed by atoms with Crippen molar-refractivity contribution in [2.75, 3.05) is 5.32 Å². The molecule has 1 aliphatic carbocycles. The topological polar surface area (TPSA) is 70.4 Å². The van der Waals surface area contributed by atoms with Crippen molar-refractivity contribution in [3.63, 3.8) is 0 Å². The average molecular weight is 326 g/mol. The van der Waals surface area contributed by atoms with Crippen LogP contribution in [-0.2, 0) is 6.42 Å². The Bertz CT molecular complexity index is 785. The number of halogens is 1. The van der Waals surface area contributed by atoms with Gasteiger partial charge in [-0.2, -0.15) is 0 Å². The number of aromatic nitrogens is 2. The molecule has 24 heavy (non-hydrogen) atoms. The smallest absolute Gasteiger partial charge is 0.162 e. The van der Waals surface area contributed by atoms with E-state index >= 15 is 0 Å². The van der Waals surface area contributed by atoms with Crippen LogP contribution < -0.4 is 5.32 Å². The van der Waals surface area contributed by atoms with E-state index in [0.29, 0.717) is 23.6 Å². The highest BCUT2D eigenvalue weighted by molar-refractivity contribution is 5.81. The Morgan fingerprint density at radius 3 is 2.75 bits per heavy atom. The Kier molecular flexibility index (Phi) is 3.98. The predicted octanol–water partition coefficient (Wildman–Crippen LogP) is 3.26. The van der Waals surface area contributed by atoms with Crippen LogP contribution in [0.15, 0.2) is 29.3 Å². The molecule has 1 saturated carbocycles.